The lowest BCUT2D eigenvalue weighted by molar-refractivity contribution is 0.140. The van der Waals surface area contributed by atoms with Crippen LogP contribution in [0.2, 0.25) is 25.2 Å². The molecule has 0 heterocycles. The summed E-state index contributed by atoms with van der Waals surface area (Å²) in [6.45, 7) is 9.39. The summed E-state index contributed by atoms with van der Waals surface area (Å²) in [7, 11) is -0.938. The van der Waals surface area contributed by atoms with Gasteiger partial charge in [-0.3, -0.25) is 0 Å². The molecular formula is C10H22OSi. The van der Waals surface area contributed by atoms with Gasteiger partial charge in [0, 0.05) is 8.07 Å². The Morgan fingerprint density at radius 1 is 1.42 bits per heavy atom. The Morgan fingerprint density at radius 3 is 2.33 bits per heavy atom. The molecule has 0 radical (unpaired) electrons. The molecule has 1 N–H and O–H groups in total. The lowest BCUT2D eigenvalue weighted by atomic mass is 10.1. The molecule has 0 aromatic rings. The fourth-order valence-electron chi connectivity index (χ4n) is 2.15. The van der Waals surface area contributed by atoms with Gasteiger partial charge in [-0.25, -0.2) is 0 Å². The molecular weight excluding hydrogens is 164 g/mol. The van der Waals surface area contributed by atoms with Crippen molar-refractivity contribution >= 4 is 8.07 Å². The van der Waals surface area contributed by atoms with Crippen LogP contribution in [0.4, 0.5) is 0 Å². The highest BCUT2D eigenvalue weighted by Gasteiger charge is 2.48. The van der Waals surface area contributed by atoms with Gasteiger partial charge >= 0.3 is 0 Å². The second-order valence-corrected chi connectivity index (χ2v) is 10.7. The van der Waals surface area contributed by atoms with Crippen LogP contribution in [0.3, 0.4) is 0 Å². The van der Waals surface area contributed by atoms with Gasteiger partial charge in [0.15, 0.2) is 0 Å². The first-order chi connectivity index (χ1) is 5.46. The van der Waals surface area contributed by atoms with Crippen LogP contribution < -0.4 is 0 Å². The van der Waals surface area contributed by atoms with E-state index >= 15 is 0 Å². The van der Waals surface area contributed by atoms with Crippen LogP contribution in [-0.4, -0.2) is 19.3 Å². The van der Waals surface area contributed by atoms with Crippen LogP contribution >= 0.6 is 0 Å². The normalized spacial score (nSPS) is 31.8. The maximum atomic E-state index is 9.74. The lowest BCUT2D eigenvalue weighted by Gasteiger charge is -2.17. The molecule has 0 bridgehead atoms. The summed E-state index contributed by atoms with van der Waals surface area (Å²) in [6.07, 6.45) is 3.44. The van der Waals surface area contributed by atoms with E-state index in [1.807, 2.05) is 0 Å². The molecule has 1 fully saturated rings. The Morgan fingerprint density at radius 2 is 2.00 bits per heavy atom. The van der Waals surface area contributed by atoms with E-state index in [0.29, 0.717) is 5.92 Å². The number of hydrogen-bond acceptors (Lipinski definition) is 1. The molecule has 0 spiro atoms. The summed E-state index contributed by atoms with van der Waals surface area (Å²) < 4.78 is 0. The van der Waals surface area contributed by atoms with Gasteiger partial charge in [-0.2, -0.15) is 0 Å². The molecule has 1 saturated carbocycles. The van der Waals surface area contributed by atoms with Crippen molar-refractivity contribution in [3.8, 4) is 0 Å². The minimum absolute atomic E-state index is 0.00623. The zero-order valence-electron chi connectivity index (χ0n) is 8.80. The van der Waals surface area contributed by atoms with Crippen LogP contribution in [-0.2, 0) is 0 Å². The second kappa shape index (κ2) is 3.50. The molecule has 0 saturated heterocycles. The molecule has 0 aromatic heterocycles. The van der Waals surface area contributed by atoms with Crippen molar-refractivity contribution in [1.82, 2.24) is 0 Å². The number of hydrogen-bond donors (Lipinski definition) is 1. The van der Waals surface area contributed by atoms with E-state index in [1.54, 1.807) is 0 Å². The summed E-state index contributed by atoms with van der Waals surface area (Å²) in [4.78, 5) is 0. The van der Waals surface area contributed by atoms with Crippen molar-refractivity contribution in [2.75, 3.05) is 0 Å². The molecule has 0 aliphatic heterocycles. The molecule has 0 amide bonds. The van der Waals surface area contributed by atoms with Crippen LogP contribution in [0.5, 0.6) is 0 Å². The summed E-state index contributed by atoms with van der Waals surface area (Å²) in [6, 6.07) is 0. The van der Waals surface area contributed by atoms with Crippen molar-refractivity contribution < 1.29 is 5.11 Å². The zero-order valence-corrected chi connectivity index (χ0v) is 9.80. The third-order valence-electron chi connectivity index (χ3n) is 3.03. The molecule has 1 aliphatic carbocycles. The Bertz CT molecular complexity index is 150. The zero-order chi connectivity index (χ0) is 9.35. The Hall–Kier alpha value is 0.177. The monoisotopic (exact) mass is 186 g/mol. The largest absolute Gasteiger partial charge is 0.393 e. The van der Waals surface area contributed by atoms with Crippen LogP contribution in [0, 0.1) is 5.92 Å². The van der Waals surface area contributed by atoms with E-state index in [0.717, 1.165) is 18.4 Å². The molecule has 0 aromatic carbocycles. The van der Waals surface area contributed by atoms with Crippen molar-refractivity contribution in [1.29, 1.82) is 0 Å². The molecule has 2 heteroatoms. The lowest BCUT2D eigenvalue weighted by Crippen LogP contribution is -2.23. The molecule has 12 heavy (non-hydrogen) atoms. The molecule has 0 unspecified atom stereocenters. The minimum Gasteiger partial charge on any atom is -0.393 e. The highest BCUT2D eigenvalue weighted by Crippen LogP contribution is 2.54. The van der Waals surface area contributed by atoms with E-state index in [1.165, 1.54) is 6.42 Å². The highest BCUT2D eigenvalue weighted by molar-refractivity contribution is 6.78. The number of rotatable bonds is 4. The highest BCUT2D eigenvalue weighted by atomic mass is 28.3. The average Bonchev–Trinajstić information content (AvgIpc) is 2.62. The van der Waals surface area contributed by atoms with E-state index in [9.17, 15) is 5.11 Å². The summed E-state index contributed by atoms with van der Waals surface area (Å²) in [5.74, 6) is 0.664. The van der Waals surface area contributed by atoms with Crippen molar-refractivity contribution in [2.24, 2.45) is 5.92 Å². The Labute approximate surface area is 77.2 Å². The van der Waals surface area contributed by atoms with Crippen LogP contribution in [0.15, 0.2) is 0 Å². The summed E-state index contributed by atoms with van der Waals surface area (Å²) in [5, 5.41) is 9.74. The molecule has 72 valence electrons. The predicted molar refractivity (Wildman–Crippen MR) is 56.1 cm³/mol. The van der Waals surface area contributed by atoms with E-state index < -0.39 is 8.07 Å². The molecule has 1 rings (SSSR count). The first kappa shape index (κ1) is 10.3. The van der Waals surface area contributed by atoms with Crippen molar-refractivity contribution in [3.63, 3.8) is 0 Å². The fourth-order valence-corrected chi connectivity index (χ4v) is 4.63. The van der Waals surface area contributed by atoms with E-state index in [4.69, 9.17) is 0 Å². The maximum absolute atomic E-state index is 9.74. The Balaban J connectivity index is 2.32. The van der Waals surface area contributed by atoms with Gasteiger partial charge in [0.25, 0.3) is 0 Å². The fraction of sp³-hybridized carbons (Fsp3) is 1.00. The van der Waals surface area contributed by atoms with Crippen LogP contribution in [0.25, 0.3) is 0 Å². The van der Waals surface area contributed by atoms with Gasteiger partial charge in [-0.1, -0.05) is 33.0 Å². The molecule has 1 aliphatic rings. The first-order valence-electron chi connectivity index (χ1n) is 5.15. The second-order valence-electron chi connectivity index (χ2n) is 5.23. The van der Waals surface area contributed by atoms with Gasteiger partial charge < -0.3 is 5.11 Å². The molecule has 1 nitrogen and oxygen atoms in total. The summed E-state index contributed by atoms with van der Waals surface area (Å²) in [5.41, 5.74) is 0.902. The number of aliphatic hydroxyl groups excluding tert-OH is 1. The number of aliphatic hydroxyl groups is 1. The van der Waals surface area contributed by atoms with Gasteiger partial charge in [0.05, 0.1) is 6.10 Å². The summed E-state index contributed by atoms with van der Waals surface area (Å²) >= 11 is 0. The van der Waals surface area contributed by atoms with E-state index in [-0.39, 0.29) is 6.10 Å². The van der Waals surface area contributed by atoms with Crippen molar-refractivity contribution in [2.45, 2.75) is 57.5 Å². The first-order valence-corrected chi connectivity index (χ1v) is 8.72. The average molecular weight is 186 g/mol. The smallest absolute Gasteiger partial charge is 0.0568 e. The molecule has 3 atom stereocenters. The minimum atomic E-state index is -0.938. The van der Waals surface area contributed by atoms with E-state index in [2.05, 4.69) is 26.6 Å². The third-order valence-corrected chi connectivity index (χ3v) is 5.92. The van der Waals surface area contributed by atoms with Crippen molar-refractivity contribution in [3.05, 3.63) is 0 Å². The van der Waals surface area contributed by atoms with Crippen LogP contribution in [0.1, 0.15) is 26.2 Å². The topological polar surface area (TPSA) is 20.2 Å². The standard InChI is InChI=1S/C10H22OSi/c1-5-6-9(11)8-7-10(8)12(2,3)4/h8-11H,5-7H2,1-4H3/t8-,9-,10-/m0/s1. The third kappa shape index (κ3) is 2.33. The SMILES string of the molecule is CCC[C@H](O)[C@@H]1C[C@@H]1[Si](C)(C)C. The van der Waals surface area contributed by atoms with Gasteiger partial charge in [-0.05, 0) is 24.3 Å². The Kier molecular flexibility index (Phi) is 3.00. The van der Waals surface area contributed by atoms with Gasteiger partial charge in [-0.15, -0.1) is 0 Å². The van der Waals surface area contributed by atoms with Gasteiger partial charge in [0.1, 0.15) is 0 Å². The van der Waals surface area contributed by atoms with Gasteiger partial charge in [0.2, 0.25) is 0 Å². The maximum Gasteiger partial charge on any atom is 0.0568 e. The predicted octanol–water partition coefficient (Wildman–Crippen LogP) is 2.88. The quantitative estimate of drug-likeness (QED) is 0.669.